The largest absolute Gasteiger partial charge is 0.345 e. The van der Waals surface area contributed by atoms with E-state index in [2.05, 4.69) is 24.1 Å². The highest BCUT2D eigenvalue weighted by atomic mass is 16.2. The highest BCUT2D eigenvalue weighted by molar-refractivity contribution is 5.75. The molecule has 1 aromatic heterocycles. The summed E-state index contributed by atoms with van der Waals surface area (Å²) in [6.07, 6.45) is 4.10. The maximum atomic E-state index is 11.9. The number of nitrogens with zero attached hydrogens (tertiary/aromatic N) is 2. The van der Waals surface area contributed by atoms with Crippen LogP contribution in [0.15, 0.2) is 24.4 Å². The van der Waals surface area contributed by atoms with Gasteiger partial charge >= 0.3 is 0 Å². The first-order chi connectivity index (χ1) is 9.09. The molecule has 0 aliphatic rings. The number of likely N-dealkylation sites (N-methyl/N-ethyl adjacent to an activating group) is 1. The number of carbonyl (C=O) groups is 1. The van der Waals surface area contributed by atoms with Gasteiger partial charge in [-0.15, -0.1) is 0 Å². The molecule has 1 heterocycles. The molecule has 19 heavy (non-hydrogen) atoms. The van der Waals surface area contributed by atoms with Crippen LogP contribution in [0.4, 0.5) is 0 Å². The van der Waals surface area contributed by atoms with Crippen molar-refractivity contribution in [1.82, 2.24) is 15.2 Å². The second kappa shape index (κ2) is 8.64. The normalized spacial score (nSPS) is 10.7. The lowest BCUT2D eigenvalue weighted by molar-refractivity contribution is -0.129. The zero-order valence-corrected chi connectivity index (χ0v) is 12.2. The van der Waals surface area contributed by atoms with Crippen molar-refractivity contribution in [2.75, 3.05) is 20.1 Å². The predicted octanol–water partition coefficient (Wildman–Crippen LogP) is 1.86. The Morgan fingerprint density at radius 3 is 2.84 bits per heavy atom. The van der Waals surface area contributed by atoms with E-state index in [9.17, 15) is 4.79 Å². The van der Waals surface area contributed by atoms with E-state index < -0.39 is 0 Å². The van der Waals surface area contributed by atoms with Gasteiger partial charge in [0.25, 0.3) is 0 Å². The number of pyridine rings is 1. The fourth-order valence-corrected chi connectivity index (χ4v) is 1.77. The average molecular weight is 263 g/mol. The van der Waals surface area contributed by atoms with Crippen LogP contribution in [0.25, 0.3) is 0 Å². The van der Waals surface area contributed by atoms with E-state index in [1.807, 2.05) is 25.2 Å². The predicted molar refractivity (Wildman–Crippen MR) is 78.0 cm³/mol. The first-order valence-corrected chi connectivity index (χ1v) is 6.97. The Kier molecular flexibility index (Phi) is 7.11. The molecular formula is C15H25N3O. The second-order valence-corrected chi connectivity index (χ2v) is 5.10. The molecule has 4 heteroatoms. The molecule has 0 radical (unpaired) electrons. The quantitative estimate of drug-likeness (QED) is 0.728. The lowest BCUT2D eigenvalue weighted by Gasteiger charge is -2.17. The van der Waals surface area contributed by atoms with Gasteiger partial charge in [-0.2, -0.15) is 0 Å². The summed E-state index contributed by atoms with van der Waals surface area (Å²) >= 11 is 0. The SMILES string of the molecule is CC(C)NCCCC(=O)N(C)CCc1ccccn1. The van der Waals surface area contributed by atoms with Crippen LogP contribution in [-0.4, -0.2) is 42.0 Å². The van der Waals surface area contributed by atoms with Gasteiger partial charge in [0.2, 0.25) is 5.91 Å². The van der Waals surface area contributed by atoms with Gasteiger partial charge in [0.15, 0.2) is 0 Å². The Morgan fingerprint density at radius 1 is 1.42 bits per heavy atom. The maximum absolute atomic E-state index is 11.9. The molecule has 0 saturated heterocycles. The third-order valence-corrected chi connectivity index (χ3v) is 2.98. The number of hydrogen-bond acceptors (Lipinski definition) is 3. The van der Waals surface area contributed by atoms with E-state index in [4.69, 9.17) is 0 Å². The van der Waals surface area contributed by atoms with Crippen molar-refractivity contribution >= 4 is 5.91 Å². The third kappa shape index (κ3) is 6.91. The highest BCUT2D eigenvalue weighted by Gasteiger charge is 2.08. The maximum Gasteiger partial charge on any atom is 0.222 e. The lowest BCUT2D eigenvalue weighted by atomic mass is 10.2. The van der Waals surface area contributed by atoms with Crippen LogP contribution in [0.5, 0.6) is 0 Å². The fraction of sp³-hybridized carbons (Fsp3) is 0.600. The molecule has 0 aliphatic carbocycles. The van der Waals surface area contributed by atoms with Crippen LogP contribution in [0.2, 0.25) is 0 Å². The van der Waals surface area contributed by atoms with Gasteiger partial charge in [0.05, 0.1) is 0 Å². The number of nitrogens with one attached hydrogen (secondary N) is 1. The van der Waals surface area contributed by atoms with Gasteiger partial charge in [-0.3, -0.25) is 9.78 Å². The van der Waals surface area contributed by atoms with Crippen LogP contribution in [0.3, 0.4) is 0 Å². The van der Waals surface area contributed by atoms with Gasteiger partial charge in [0.1, 0.15) is 0 Å². The zero-order chi connectivity index (χ0) is 14.1. The first kappa shape index (κ1) is 15.6. The van der Waals surface area contributed by atoms with E-state index in [1.54, 1.807) is 11.1 Å². The third-order valence-electron chi connectivity index (χ3n) is 2.98. The minimum atomic E-state index is 0.210. The van der Waals surface area contributed by atoms with Gasteiger partial charge in [-0.25, -0.2) is 0 Å². The number of aromatic nitrogens is 1. The Bertz CT molecular complexity index is 365. The first-order valence-electron chi connectivity index (χ1n) is 6.97. The van der Waals surface area contributed by atoms with Crippen molar-refractivity contribution in [3.8, 4) is 0 Å². The van der Waals surface area contributed by atoms with Crippen LogP contribution in [0, 0.1) is 0 Å². The van der Waals surface area contributed by atoms with Crippen molar-refractivity contribution in [2.24, 2.45) is 0 Å². The van der Waals surface area contributed by atoms with Crippen molar-refractivity contribution in [3.63, 3.8) is 0 Å². The number of amides is 1. The van der Waals surface area contributed by atoms with Crippen LogP contribution in [-0.2, 0) is 11.2 Å². The van der Waals surface area contributed by atoms with E-state index in [0.29, 0.717) is 12.5 Å². The molecule has 0 aliphatic heterocycles. The van der Waals surface area contributed by atoms with Crippen molar-refractivity contribution in [3.05, 3.63) is 30.1 Å². The summed E-state index contributed by atoms with van der Waals surface area (Å²) in [4.78, 5) is 17.9. The fourth-order valence-electron chi connectivity index (χ4n) is 1.77. The topological polar surface area (TPSA) is 45.2 Å². The summed E-state index contributed by atoms with van der Waals surface area (Å²) in [6, 6.07) is 6.35. The standard InChI is InChI=1S/C15H25N3O/c1-13(2)16-11-6-8-15(19)18(3)12-9-14-7-4-5-10-17-14/h4-5,7,10,13,16H,6,8-9,11-12H2,1-3H3. The summed E-state index contributed by atoms with van der Waals surface area (Å²) in [6.45, 7) is 5.85. The molecule has 1 rings (SSSR count). The molecule has 1 N–H and O–H groups in total. The Labute approximate surface area is 116 Å². The number of rotatable bonds is 8. The van der Waals surface area contributed by atoms with Gasteiger partial charge < -0.3 is 10.2 Å². The minimum absolute atomic E-state index is 0.210. The van der Waals surface area contributed by atoms with Crippen molar-refractivity contribution in [1.29, 1.82) is 0 Å². The van der Waals surface area contributed by atoms with E-state index in [0.717, 1.165) is 31.6 Å². The molecule has 0 atom stereocenters. The lowest BCUT2D eigenvalue weighted by Crippen LogP contribution is -2.30. The molecule has 1 aromatic rings. The summed E-state index contributed by atoms with van der Waals surface area (Å²) in [5.74, 6) is 0.210. The molecule has 4 nitrogen and oxygen atoms in total. The summed E-state index contributed by atoms with van der Waals surface area (Å²) < 4.78 is 0. The molecule has 0 aromatic carbocycles. The van der Waals surface area contributed by atoms with Crippen LogP contribution >= 0.6 is 0 Å². The Hall–Kier alpha value is -1.42. The minimum Gasteiger partial charge on any atom is -0.345 e. The Morgan fingerprint density at radius 2 is 2.21 bits per heavy atom. The molecule has 0 bridgehead atoms. The van der Waals surface area contributed by atoms with Crippen molar-refractivity contribution < 1.29 is 4.79 Å². The van der Waals surface area contributed by atoms with E-state index >= 15 is 0 Å². The molecule has 0 spiro atoms. The molecule has 106 valence electrons. The molecule has 0 unspecified atom stereocenters. The van der Waals surface area contributed by atoms with E-state index in [1.165, 1.54) is 0 Å². The summed E-state index contributed by atoms with van der Waals surface area (Å²) in [5, 5.41) is 3.32. The monoisotopic (exact) mass is 263 g/mol. The second-order valence-electron chi connectivity index (χ2n) is 5.10. The number of hydrogen-bond donors (Lipinski definition) is 1. The van der Waals surface area contributed by atoms with E-state index in [-0.39, 0.29) is 5.91 Å². The molecular weight excluding hydrogens is 238 g/mol. The molecule has 0 saturated carbocycles. The van der Waals surface area contributed by atoms with Crippen LogP contribution in [0.1, 0.15) is 32.4 Å². The summed E-state index contributed by atoms with van der Waals surface area (Å²) in [7, 11) is 1.86. The number of carbonyl (C=O) groups excluding carboxylic acids is 1. The van der Waals surface area contributed by atoms with Crippen molar-refractivity contribution in [2.45, 2.75) is 39.2 Å². The zero-order valence-electron chi connectivity index (χ0n) is 12.2. The van der Waals surface area contributed by atoms with Gasteiger partial charge in [-0.05, 0) is 25.1 Å². The highest BCUT2D eigenvalue weighted by Crippen LogP contribution is 2.00. The van der Waals surface area contributed by atoms with Crippen LogP contribution < -0.4 is 5.32 Å². The average Bonchev–Trinajstić information content (AvgIpc) is 2.41. The van der Waals surface area contributed by atoms with Gasteiger partial charge in [0, 0.05) is 44.4 Å². The smallest absolute Gasteiger partial charge is 0.222 e. The molecule has 0 fully saturated rings. The molecule has 1 amide bonds. The summed E-state index contributed by atoms with van der Waals surface area (Å²) in [5.41, 5.74) is 1.03. The van der Waals surface area contributed by atoms with Gasteiger partial charge in [-0.1, -0.05) is 19.9 Å². The Balaban J connectivity index is 2.18.